The molecule has 29 heavy (non-hydrogen) atoms. The Balaban J connectivity index is 1.68. The minimum absolute atomic E-state index is 0.465. The molecule has 0 spiro atoms. The second-order valence-electron chi connectivity index (χ2n) is 8.34. The molecule has 0 aliphatic heterocycles. The molecule has 0 N–H and O–H groups in total. The molecular weight excluding hydrogens is 348 g/mol. The molecule has 0 bridgehead atoms. The molecule has 0 heterocycles. The van der Waals surface area contributed by atoms with Crippen molar-refractivity contribution in [2.45, 2.75) is 32.1 Å². The summed E-state index contributed by atoms with van der Waals surface area (Å²) < 4.78 is 0. The third-order valence-electron chi connectivity index (χ3n) is 6.51. The first-order valence-electron chi connectivity index (χ1n) is 10.5. The van der Waals surface area contributed by atoms with Crippen LogP contribution < -0.4 is 0 Å². The Morgan fingerprint density at radius 1 is 0.655 bits per heavy atom. The second kappa shape index (κ2) is 7.37. The molecule has 2 unspecified atom stereocenters. The standard InChI is InChI=1S/C29H26/c1-20-12-14-22(15-13-20)24-16-17-26-21(2)28(23-8-4-3-5-9-23)19-25-10-6-7-11-27(25)29(26)18-24/h3-18,21,28H,19H2,1-2H3. The Kier molecular flexibility index (Phi) is 4.56. The van der Waals surface area contributed by atoms with Crippen LogP contribution >= 0.6 is 0 Å². The Labute approximate surface area is 173 Å². The van der Waals surface area contributed by atoms with Gasteiger partial charge in [0.2, 0.25) is 0 Å². The highest BCUT2D eigenvalue weighted by Crippen LogP contribution is 2.46. The van der Waals surface area contributed by atoms with Gasteiger partial charge in [-0.1, -0.05) is 103 Å². The first-order valence-corrected chi connectivity index (χ1v) is 10.5. The molecule has 142 valence electrons. The zero-order chi connectivity index (χ0) is 19.8. The van der Waals surface area contributed by atoms with Crippen molar-refractivity contribution in [2.75, 3.05) is 0 Å². The fraction of sp³-hybridized carbons (Fsp3) is 0.172. The summed E-state index contributed by atoms with van der Waals surface area (Å²) in [7, 11) is 0. The molecule has 4 aromatic rings. The van der Waals surface area contributed by atoms with Crippen LogP contribution in [-0.4, -0.2) is 0 Å². The Hall–Kier alpha value is -3.12. The number of hydrogen-bond donors (Lipinski definition) is 0. The summed E-state index contributed by atoms with van der Waals surface area (Å²) in [6, 6.07) is 35.9. The maximum Gasteiger partial charge on any atom is -0.00549 e. The predicted molar refractivity (Wildman–Crippen MR) is 123 cm³/mol. The van der Waals surface area contributed by atoms with Crippen molar-refractivity contribution in [1.29, 1.82) is 0 Å². The van der Waals surface area contributed by atoms with Gasteiger partial charge >= 0.3 is 0 Å². The maximum absolute atomic E-state index is 2.41. The van der Waals surface area contributed by atoms with E-state index in [1.54, 1.807) is 0 Å². The second-order valence-corrected chi connectivity index (χ2v) is 8.34. The van der Waals surface area contributed by atoms with Crippen LogP contribution in [-0.2, 0) is 6.42 Å². The lowest BCUT2D eigenvalue weighted by Gasteiger charge is -2.24. The summed E-state index contributed by atoms with van der Waals surface area (Å²) in [5, 5.41) is 0. The van der Waals surface area contributed by atoms with Gasteiger partial charge in [-0.15, -0.1) is 0 Å². The van der Waals surface area contributed by atoms with Gasteiger partial charge in [-0.25, -0.2) is 0 Å². The molecular formula is C29H26. The average molecular weight is 375 g/mol. The van der Waals surface area contributed by atoms with Gasteiger partial charge in [-0.05, 0) is 70.2 Å². The summed E-state index contributed by atoms with van der Waals surface area (Å²) in [4.78, 5) is 0. The molecule has 1 aliphatic rings. The molecule has 0 radical (unpaired) electrons. The third kappa shape index (κ3) is 3.29. The highest BCUT2D eigenvalue weighted by atomic mass is 14.3. The number of benzene rings is 4. The Morgan fingerprint density at radius 3 is 2.14 bits per heavy atom. The number of fused-ring (bicyclic) bond motifs is 3. The van der Waals surface area contributed by atoms with Gasteiger partial charge in [0, 0.05) is 0 Å². The van der Waals surface area contributed by atoms with E-state index in [0.717, 1.165) is 6.42 Å². The van der Waals surface area contributed by atoms with Crippen LogP contribution in [0.15, 0.2) is 97.1 Å². The van der Waals surface area contributed by atoms with Crippen molar-refractivity contribution < 1.29 is 0 Å². The quantitative estimate of drug-likeness (QED) is 0.336. The zero-order valence-corrected chi connectivity index (χ0v) is 17.1. The topological polar surface area (TPSA) is 0 Å². The minimum Gasteiger partial charge on any atom is -0.0622 e. The van der Waals surface area contributed by atoms with Crippen LogP contribution in [0.25, 0.3) is 22.3 Å². The lowest BCUT2D eigenvalue weighted by molar-refractivity contribution is 0.579. The molecule has 0 nitrogen and oxygen atoms in total. The Morgan fingerprint density at radius 2 is 1.34 bits per heavy atom. The van der Waals surface area contributed by atoms with E-state index in [-0.39, 0.29) is 0 Å². The van der Waals surface area contributed by atoms with Gasteiger partial charge in [-0.2, -0.15) is 0 Å². The van der Waals surface area contributed by atoms with Gasteiger partial charge < -0.3 is 0 Å². The van der Waals surface area contributed by atoms with Crippen LogP contribution in [0.2, 0.25) is 0 Å². The smallest absolute Gasteiger partial charge is 0.00549 e. The van der Waals surface area contributed by atoms with Crippen molar-refractivity contribution in [2.24, 2.45) is 0 Å². The van der Waals surface area contributed by atoms with Crippen LogP contribution in [0.5, 0.6) is 0 Å². The van der Waals surface area contributed by atoms with E-state index in [0.29, 0.717) is 11.8 Å². The van der Waals surface area contributed by atoms with Crippen LogP contribution in [0.3, 0.4) is 0 Å². The van der Waals surface area contributed by atoms with E-state index in [4.69, 9.17) is 0 Å². The van der Waals surface area contributed by atoms with Crippen molar-refractivity contribution in [3.63, 3.8) is 0 Å². The first kappa shape index (κ1) is 17.9. The number of aryl methyl sites for hydroxylation is 1. The van der Waals surface area contributed by atoms with Gasteiger partial charge in [0.1, 0.15) is 0 Å². The van der Waals surface area contributed by atoms with Gasteiger partial charge in [0.25, 0.3) is 0 Å². The maximum atomic E-state index is 2.41. The van der Waals surface area contributed by atoms with E-state index >= 15 is 0 Å². The highest BCUT2D eigenvalue weighted by molar-refractivity contribution is 5.79. The molecule has 4 aromatic carbocycles. The summed E-state index contributed by atoms with van der Waals surface area (Å²) in [5.41, 5.74) is 11.0. The monoisotopic (exact) mass is 374 g/mol. The van der Waals surface area contributed by atoms with E-state index in [9.17, 15) is 0 Å². The molecule has 0 amide bonds. The SMILES string of the molecule is Cc1ccc(-c2ccc3c(c2)-c2ccccc2CC(c2ccccc2)C3C)cc1. The largest absolute Gasteiger partial charge is 0.0622 e. The number of rotatable bonds is 2. The third-order valence-corrected chi connectivity index (χ3v) is 6.51. The highest BCUT2D eigenvalue weighted by Gasteiger charge is 2.28. The lowest BCUT2D eigenvalue weighted by atomic mass is 9.80. The summed E-state index contributed by atoms with van der Waals surface area (Å²) >= 11 is 0. The van der Waals surface area contributed by atoms with Crippen LogP contribution in [0, 0.1) is 6.92 Å². The van der Waals surface area contributed by atoms with Crippen molar-refractivity contribution in [3.8, 4) is 22.3 Å². The van der Waals surface area contributed by atoms with E-state index in [1.165, 1.54) is 44.5 Å². The normalized spacial score (nSPS) is 17.9. The average Bonchev–Trinajstić information content (AvgIpc) is 2.90. The van der Waals surface area contributed by atoms with Gasteiger partial charge in [0.05, 0.1) is 0 Å². The zero-order valence-electron chi connectivity index (χ0n) is 17.1. The lowest BCUT2D eigenvalue weighted by Crippen LogP contribution is -2.10. The molecule has 0 saturated carbocycles. The number of hydrogen-bond acceptors (Lipinski definition) is 0. The Bertz CT molecular complexity index is 1140. The van der Waals surface area contributed by atoms with Crippen molar-refractivity contribution >= 4 is 0 Å². The minimum atomic E-state index is 0.465. The van der Waals surface area contributed by atoms with E-state index in [2.05, 4.69) is 111 Å². The van der Waals surface area contributed by atoms with E-state index < -0.39 is 0 Å². The molecule has 0 saturated heterocycles. The molecule has 2 atom stereocenters. The van der Waals surface area contributed by atoms with E-state index in [1.807, 2.05) is 0 Å². The molecule has 1 aliphatic carbocycles. The predicted octanol–water partition coefficient (Wildman–Crippen LogP) is 7.77. The van der Waals surface area contributed by atoms with Crippen molar-refractivity contribution in [1.82, 2.24) is 0 Å². The first-order chi connectivity index (χ1) is 14.2. The molecule has 0 aromatic heterocycles. The summed E-state index contributed by atoms with van der Waals surface area (Å²) in [6.45, 7) is 4.54. The van der Waals surface area contributed by atoms with Crippen LogP contribution in [0.1, 0.15) is 41.0 Å². The molecule has 5 rings (SSSR count). The van der Waals surface area contributed by atoms with Crippen molar-refractivity contribution in [3.05, 3.63) is 119 Å². The van der Waals surface area contributed by atoms with Crippen LogP contribution in [0.4, 0.5) is 0 Å². The summed E-state index contributed by atoms with van der Waals surface area (Å²) in [5.74, 6) is 0.954. The fourth-order valence-corrected chi connectivity index (χ4v) is 4.81. The molecule has 0 fully saturated rings. The summed E-state index contributed by atoms with van der Waals surface area (Å²) in [6.07, 6.45) is 1.08. The van der Waals surface area contributed by atoms with Gasteiger partial charge in [-0.3, -0.25) is 0 Å². The van der Waals surface area contributed by atoms with Gasteiger partial charge in [0.15, 0.2) is 0 Å². The molecule has 0 heteroatoms. The fourth-order valence-electron chi connectivity index (χ4n) is 4.81.